The van der Waals surface area contributed by atoms with E-state index in [1.54, 1.807) is 47.8 Å². The second kappa shape index (κ2) is 22.5. The fraction of sp³-hybridized carbons (Fsp3) is 0.800. The number of nitrogens with zero attached hydrogens (tertiary/aromatic N) is 1. The number of carbonyl (C=O) groups excluding carboxylic acids is 5. The number of methoxy groups -OCH3 is 3. The first kappa shape index (κ1) is 50.5. The van der Waals surface area contributed by atoms with Gasteiger partial charge in [0.15, 0.2) is 0 Å². The number of piperidine rings is 1. The van der Waals surface area contributed by atoms with Crippen LogP contribution in [0.4, 0.5) is 4.39 Å². The number of aliphatic hydroxyl groups excluding tert-OH is 1. The van der Waals surface area contributed by atoms with Gasteiger partial charge in [-0.1, -0.05) is 39.8 Å². The molecule has 61 heavy (non-hydrogen) atoms. The van der Waals surface area contributed by atoms with Crippen LogP contribution in [0.3, 0.4) is 0 Å². The molecule has 4 rings (SSSR count). The molecule has 2 bridgehead atoms. The van der Waals surface area contributed by atoms with E-state index in [0.717, 1.165) is 4.90 Å². The van der Waals surface area contributed by atoms with Gasteiger partial charge < -0.3 is 49.8 Å². The van der Waals surface area contributed by atoms with E-state index in [2.05, 4.69) is 5.32 Å². The van der Waals surface area contributed by atoms with E-state index in [-0.39, 0.29) is 68.5 Å². The van der Waals surface area contributed by atoms with Crippen molar-refractivity contribution in [3.8, 4) is 0 Å². The zero-order valence-electron chi connectivity index (χ0n) is 37.6. The van der Waals surface area contributed by atoms with Crippen LogP contribution in [0.15, 0.2) is 23.3 Å². The molecule has 3 aliphatic heterocycles. The summed E-state index contributed by atoms with van der Waals surface area (Å²) in [4.78, 5) is 70.0. The largest absolute Gasteiger partial charge is 0.456 e. The van der Waals surface area contributed by atoms with Gasteiger partial charge >= 0.3 is 5.97 Å². The lowest BCUT2D eigenvalue weighted by Crippen LogP contribution is -2.64. The van der Waals surface area contributed by atoms with Gasteiger partial charge in [0.2, 0.25) is 11.7 Å². The number of amides is 2. The molecule has 4 aliphatic rings. The quantitative estimate of drug-likeness (QED) is 0.157. The molecule has 2 amide bonds. The molecule has 3 fully saturated rings. The minimum absolute atomic E-state index is 0.0360. The average Bonchev–Trinajstić information content (AvgIpc) is 3.25. The number of hydrogen-bond acceptors (Lipinski definition) is 13. The smallest absolute Gasteiger partial charge is 0.329 e. The molecular weight excluding hydrogens is 794 g/mol. The molecule has 15 unspecified atom stereocenters. The number of cyclic esters (lactones) is 1. The molecule has 0 aromatic rings. The molecule has 2 saturated heterocycles. The van der Waals surface area contributed by atoms with Gasteiger partial charge in [0.05, 0.1) is 37.0 Å². The number of nitrogens with one attached hydrogen (secondary N) is 1. The van der Waals surface area contributed by atoms with Crippen LogP contribution in [0.5, 0.6) is 0 Å². The summed E-state index contributed by atoms with van der Waals surface area (Å²) in [6.07, 6.45) is 0.00314. The van der Waals surface area contributed by atoms with Crippen molar-refractivity contribution in [2.24, 2.45) is 35.3 Å². The van der Waals surface area contributed by atoms with Crippen LogP contribution in [-0.4, -0.2) is 140 Å². The summed E-state index contributed by atoms with van der Waals surface area (Å²) in [6.45, 7) is 10.0. The number of allylic oxidation sites excluding steroid dienone is 3. The Morgan fingerprint density at radius 3 is 2.30 bits per heavy atom. The van der Waals surface area contributed by atoms with Crippen LogP contribution in [0.25, 0.3) is 0 Å². The van der Waals surface area contributed by atoms with Crippen molar-refractivity contribution in [3.05, 3.63) is 23.3 Å². The Hall–Kier alpha value is -3.12. The number of ketones is 2. The lowest BCUT2D eigenvalue weighted by molar-refractivity contribution is -0.302. The SMILES string of the molecule is CCC1C=C(C)C(F)C(C)CC(OC)C2OC(O)(C(=O)C(=O)N3CCCCC3C(=O)OC(C(C)=CC3CCC(NC(=O)CN)C(OC)C3)C(C)C(O)CC1=O)C(C)CC2OC. The third-order valence-corrected chi connectivity index (χ3v) is 13.7. The third-order valence-electron chi connectivity index (χ3n) is 13.7. The lowest BCUT2D eigenvalue weighted by atomic mass is 9.80. The molecule has 0 aromatic carbocycles. The second-order valence-corrected chi connectivity index (χ2v) is 17.9. The zero-order valence-corrected chi connectivity index (χ0v) is 37.6. The van der Waals surface area contributed by atoms with Crippen molar-refractivity contribution in [1.82, 2.24) is 10.2 Å². The summed E-state index contributed by atoms with van der Waals surface area (Å²) >= 11 is 0. The van der Waals surface area contributed by atoms with E-state index in [0.29, 0.717) is 49.7 Å². The number of fused-ring (bicyclic) bond motifs is 3. The van der Waals surface area contributed by atoms with Gasteiger partial charge in [-0.3, -0.25) is 19.2 Å². The summed E-state index contributed by atoms with van der Waals surface area (Å²) in [6, 6.07) is -1.44. The van der Waals surface area contributed by atoms with Crippen LogP contribution < -0.4 is 11.1 Å². The van der Waals surface area contributed by atoms with E-state index < -0.39 is 89.9 Å². The van der Waals surface area contributed by atoms with Crippen molar-refractivity contribution >= 4 is 29.4 Å². The number of ether oxygens (including phenoxy) is 5. The molecule has 0 spiro atoms. The Kier molecular flexibility index (Phi) is 18.6. The molecule has 15 atom stereocenters. The van der Waals surface area contributed by atoms with E-state index in [1.165, 1.54) is 14.2 Å². The Morgan fingerprint density at radius 2 is 1.67 bits per heavy atom. The Bertz CT molecular complexity index is 1610. The molecular formula is C45H72FN3O12. The molecule has 3 heterocycles. The summed E-state index contributed by atoms with van der Waals surface area (Å²) < 4.78 is 46.0. The van der Waals surface area contributed by atoms with Crippen LogP contribution in [0.1, 0.15) is 106 Å². The summed E-state index contributed by atoms with van der Waals surface area (Å²) in [5.74, 6) is -9.55. The molecule has 0 aromatic heterocycles. The zero-order chi connectivity index (χ0) is 45.3. The highest BCUT2D eigenvalue weighted by Gasteiger charge is 2.57. The first-order chi connectivity index (χ1) is 28.8. The van der Waals surface area contributed by atoms with E-state index >= 15 is 4.39 Å². The highest BCUT2D eigenvalue weighted by Crippen LogP contribution is 2.39. The summed E-state index contributed by atoms with van der Waals surface area (Å²) in [5.41, 5.74) is 6.45. The first-order valence-electron chi connectivity index (χ1n) is 22.1. The number of nitrogens with two attached hydrogens (primary N) is 1. The van der Waals surface area contributed by atoms with Crippen molar-refractivity contribution in [2.45, 2.75) is 166 Å². The van der Waals surface area contributed by atoms with Crippen LogP contribution >= 0.6 is 0 Å². The van der Waals surface area contributed by atoms with Crippen molar-refractivity contribution in [2.75, 3.05) is 34.4 Å². The number of esters is 1. The van der Waals surface area contributed by atoms with Crippen LogP contribution in [0.2, 0.25) is 0 Å². The summed E-state index contributed by atoms with van der Waals surface area (Å²) in [5, 5.41) is 26.7. The van der Waals surface area contributed by atoms with E-state index in [4.69, 9.17) is 29.4 Å². The second-order valence-electron chi connectivity index (χ2n) is 17.9. The Balaban J connectivity index is 1.77. The standard InChI is InChI=1S/C45H72FN3O12/c1-10-30-18-24(2)39(46)25(3)19-36(58-8)41-37(59-9)20-27(5)45(56,61-41)42(53)43(54)49-16-12-11-13-32(49)44(55)60-40(28(6)33(50)22-34(30)51)26(4)17-29-14-15-31(35(21-29)57-7)48-38(52)23-47/h17-18,25,27-33,35-37,39-41,50,56H,10-16,19-23,47H2,1-9H3,(H,48,52). The number of aliphatic hydroxyl groups is 2. The molecule has 1 saturated carbocycles. The number of Topliss-reactive ketones (excluding diaryl/α,β-unsaturated/α-hetero) is 2. The van der Waals surface area contributed by atoms with Crippen LogP contribution in [0, 0.1) is 29.6 Å². The monoisotopic (exact) mass is 866 g/mol. The fourth-order valence-electron chi connectivity index (χ4n) is 9.75. The number of rotatable bonds is 8. The number of carbonyl (C=O) groups is 5. The van der Waals surface area contributed by atoms with Gasteiger partial charge in [-0.05, 0) is 94.6 Å². The maximum absolute atomic E-state index is 16.3. The predicted octanol–water partition coefficient (Wildman–Crippen LogP) is 3.50. The maximum atomic E-state index is 16.3. The van der Waals surface area contributed by atoms with Gasteiger partial charge in [0.25, 0.3) is 11.7 Å². The van der Waals surface area contributed by atoms with Gasteiger partial charge in [-0.2, -0.15) is 0 Å². The molecule has 1 aliphatic carbocycles. The maximum Gasteiger partial charge on any atom is 0.329 e. The van der Waals surface area contributed by atoms with Gasteiger partial charge in [-0.15, -0.1) is 0 Å². The van der Waals surface area contributed by atoms with Crippen molar-refractivity contribution in [1.29, 1.82) is 0 Å². The van der Waals surface area contributed by atoms with Crippen molar-refractivity contribution < 1.29 is 62.3 Å². The van der Waals surface area contributed by atoms with E-state index in [1.807, 2.05) is 13.0 Å². The normalized spacial score (nSPS) is 39.4. The molecule has 0 radical (unpaired) electrons. The Labute approximate surface area is 360 Å². The van der Waals surface area contributed by atoms with Crippen molar-refractivity contribution in [3.63, 3.8) is 0 Å². The number of alkyl halides is 1. The fourth-order valence-corrected chi connectivity index (χ4v) is 9.75. The number of halogens is 1. The van der Waals surface area contributed by atoms with Gasteiger partial charge in [0, 0.05) is 52.0 Å². The molecule has 15 nitrogen and oxygen atoms in total. The number of hydrogen-bond donors (Lipinski definition) is 4. The highest BCUT2D eigenvalue weighted by molar-refractivity contribution is 6.39. The summed E-state index contributed by atoms with van der Waals surface area (Å²) in [7, 11) is 4.44. The predicted molar refractivity (Wildman–Crippen MR) is 223 cm³/mol. The van der Waals surface area contributed by atoms with Crippen LogP contribution in [-0.2, 0) is 47.7 Å². The first-order valence-corrected chi connectivity index (χ1v) is 22.1. The average molecular weight is 866 g/mol. The Morgan fingerprint density at radius 1 is 1.02 bits per heavy atom. The molecule has 346 valence electrons. The highest BCUT2D eigenvalue weighted by atomic mass is 19.1. The third kappa shape index (κ3) is 11.9. The minimum Gasteiger partial charge on any atom is -0.456 e. The van der Waals surface area contributed by atoms with Gasteiger partial charge in [0.1, 0.15) is 30.2 Å². The van der Waals surface area contributed by atoms with E-state index in [9.17, 15) is 34.2 Å². The topological polar surface area (TPSA) is 213 Å². The lowest BCUT2D eigenvalue weighted by Gasteiger charge is -2.47. The molecule has 16 heteroatoms. The molecule has 5 N–H and O–H groups in total. The minimum atomic E-state index is -2.62. The van der Waals surface area contributed by atoms with Gasteiger partial charge in [-0.25, -0.2) is 9.18 Å².